The lowest BCUT2D eigenvalue weighted by atomic mass is 9.96. The van der Waals surface area contributed by atoms with Crippen molar-refractivity contribution < 1.29 is 4.79 Å². The van der Waals surface area contributed by atoms with E-state index < -0.39 is 0 Å². The average molecular weight is 407 g/mol. The van der Waals surface area contributed by atoms with Crippen LogP contribution in [0.25, 0.3) is 10.8 Å². The van der Waals surface area contributed by atoms with Crippen molar-refractivity contribution in [1.29, 1.82) is 0 Å². The molecule has 0 spiro atoms. The van der Waals surface area contributed by atoms with E-state index in [4.69, 9.17) is 0 Å². The topological polar surface area (TPSA) is 23.6 Å². The van der Waals surface area contributed by atoms with Gasteiger partial charge in [-0.15, -0.1) is 0 Å². The molecule has 0 bridgehead atoms. The molecule has 3 heteroatoms. The molecule has 0 atom stereocenters. The Bertz CT molecular complexity index is 1130. The van der Waals surface area contributed by atoms with Gasteiger partial charge in [0.15, 0.2) is 0 Å². The van der Waals surface area contributed by atoms with Crippen molar-refractivity contribution in [2.75, 3.05) is 26.2 Å². The van der Waals surface area contributed by atoms with Crippen molar-refractivity contribution in [2.24, 2.45) is 0 Å². The molecule has 31 heavy (non-hydrogen) atoms. The van der Waals surface area contributed by atoms with E-state index in [2.05, 4.69) is 77.7 Å². The molecule has 0 unspecified atom stereocenters. The first kappa shape index (κ1) is 19.5. The van der Waals surface area contributed by atoms with Gasteiger partial charge in [0, 0.05) is 31.7 Å². The van der Waals surface area contributed by atoms with Gasteiger partial charge < -0.3 is 4.90 Å². The summed E-state index contributed by atoms with van der Waals surface area (Å²) in [5.41, 5.74) is 3.36. The lowest BCUT2D eigenvalue weighted by molar-refractivity contribution is 0.0597. The summed E-state index contributed by atoms with van der Waals surface area (Å²) >= 11 is 0. The minimum atomic E-state index is 0.126. The average Bonchev–Trinajstić information content (AvgIpc) is 2.85. The highest BCUT2D eigenvalue weighted by atomic mass is 16.2. The van der Waals surface area contributed by atoms with Crippen LogP contribution >= 0.6 is 0 Å². The molecule has 1 aliphatic rings. The zero-order valence-corrected chi connectivity index (χ0v) is 17.5. The molecule has 0 radical (unpaired) electrons. The van der Waals surface area contributed by atoms with Gasteiger partial charge in [0.05, 0.1) is 6.04 Å². The van der Waals surface area contributed by atoms with Crippen LogP contribution in [0, 0.1) is 0 Å². The number of carbonyl (C=O) groups excluding carboxylic acids is 1. The van der Waals surface area contributed by atoms with Crippen LogP contribution in [-0.2, 0) is 0 Å². The van der Waals surface area contributed by atoms with Crippen molar-refractivity contribution in [3.8, 4) is 0 Å². The van der Waals surface area contributed by atoms with Crippen LogP contribution in [0.3, 0.4) is 0 Å². The van der Waals surface area contributed by atoms with E-state index >= 15 is 0 Å². The SMILES string of the molecule is O=C(c1ccc2ccccc2c1)N1CCN(C(c2ccccc2)c2ccccc2)CC1. The van der Waals surface area contributed by atoms with E-state index in [9.17, 15) is 4.79 Å². The number of hydrogen-bond donors (Lipinski definition) is 0. The highest BCUT2D eigenvalue weighted by Gasteiger charge is 2.28. The third-order valence-corrected chi connectivity index (χ3v) is 6.19. The summed E-state index contributed by atoms with van der Waals surface area (Å²) in [7, 11) is 0. The maximum atomic E-state index is 13.2. The van der Waals surface area contributed by atoms with E-state index in [0.717, 1.165) is 42.5 Å². The molecule has 0 saturated carbocycles. The lowest BCUT2D eigenvalue weighted by Crippen LogP contribution is -2.49. The second-order valence-corrected chi connectivity index (χ2v) is 8.11. The zero-order chi connectivity index (χ0) is 21.0. The van der Waals surface area contributed by atoms with Crippen LogP contribution in [-0.4, -0.2) is 41.9 Å². The Hall–Kier alpha value is -3.43. The van der Waals surface area contributed by atoms with E-state index in [1.54, 1.807) is 0 Å². The number of benzene rings is 4. The van der Waals surface area contributed by atoms with Crippen molar-refractivity contribution in [1.82, 2.24) is 9.80 Å². The van der Waals surface area contributed by atoms with E-state index in [0.29, 0.717) is 0 Å². The van der Waals surface area contributed by atoms with E-state index in [1.165, 1.54) is 11.1 Å². The number of nitrogens with zero attached hydrogens (tertiary/aromatic N) is 2. The van der Waals surface area contributed by atoms with Crippen molar-refractivity contribution in [3.63, 3.8) is 0 Å². The van der Waals surface area contributed by atoms with Crippen LogP contribution < -0.4 is 0 Å². The second-order valence-electron chi connectivity index (χ2n) is 8.11. The molecule has 0 aromatic heterocycles. The van der Waals surface area contributed by atoms with Crippen LogP contribution in [0.1, 0.15) is 27.5 Å². The molecule has 4 aromatic carbocycles. The number of fused-ring (bicyclic) bond motifs is 1. The fourth-order valence-corrected chi connectivity index (χ4v) is 4.57. The van der Waals surface area contributed by atoms with Crippen molar-refractivity contribution in [2.45, 2.75) is 6.04 Å². The molecule has 1 heterocycles. The van der Waals surface area contributed by atoms with Crippen LogP contribution in [0.5, 0.6) is 0 Å². The van der Waals surface area contributed by atoms with Gasteiger partial charge in [0.1, 0.15) is 0 Å². The lowest BCUT2D eigenvalue weighted by Gasteiger charge is -2.39. The highest BCUT2D eigenvalue weighted by molar-refractivity contribution is 5.98. The second kappa shape index (κ2) is 8.75. The molecule has 5 rings (SSSR count). The molecule has 1 amide bonds. The molecule has 4 aromatic rings. The van der Waals surface area contributed by atoms with Gasteiger partial charge in [-0.25, -0.2) is 0 Å². The smallest absolute Gasteiger partial charge is 0.253 e. The van der Waals surface area contributed by atoms with Gasteiger partial charge in [-0.05, 0) is 34.0 Å². The summed E-state index contributed by atoms with van der Waals surface area (Å²) < 4.78 is 0. The Morgan fingerprint density at radius 1 is 0.613 bits per heavy atom. The predicted octanol–water partition coefficient (Wildman–Crippen LogP) is 5.39. The number of amides is 1. The Kier molecular flexibility index (Phi) is 5.51. The summed E-state index contributed by atoms with van der Waals surface area (Å²) in [4.78, 5) is 17.7. The normalized spacial score (nSPS) is 14.8. The summed E-state index contributed by atoms with van der Waals surface area (Å²) in [5, 5.41) is 2.28. The van der Waals surface area contributed by atoms with Gasteiger partial charge in [-0.1, -0.05) is 91.0 Å². The van der Waals surface area contributed by atoms with Gasteiger partial charge in [0.2, 0.25) is 0 Å². The summed E-state index contributed by atoms with van der Waals surface area (Å²) in [6.45, 7) is 3.19. The third-order valence-electron chi connectivity index (χ3n) is 6.19. The number of carbonyl (C=O) groups is 1. The van der Waals surface area contributed by atoms with Crippen molar-refractivity contribution in [3.05, 3.63) is 120 Å². The number of piperazine rings is 1. The molecule has 1 fully saturated rings. The molecule has 154 valence electrons. The fourth-order valence-electron chi connectivity index (χ4n) is 4.57. The molecule has 1 aliphatic heterocycles. The Balaban J connectivity index is 1.34. The first-order chi connectivity index (χ1) is 15.3. The maximum absolute atomic E-state index is 13.2. The first-order valence-electron chi connectivity index (χ1n) is 10.9. The summed E-state index contributed by atoms with van der Waals surface area (Å²) in [5.74, 6) is 0.126. The largest absolute Gasteiger partial charge is 0.336 e. The molecule has 0 N–H and O–H groups in total. The quantitative estimate of drug-likeness (QED) is 0.454. The first-order valence-corrected chi connectivity index (χ1v) is 10.9. The van der Waals surface area contributed by atoms with Crippen LogP contribution in [0.2, 0.25) is 0 Å². The van der Waals surface area contributed by atoms with Gasteiger partial charge in [-0.3, -0.25) is 9.69 Å². The number of rotatable bonds is 4. The van der Waals surface area contributed by atoms with E-state index in [1.807, 2.05) is 35.2 Å². The Morgan fingerprint density at radius 2 is 1.16 bits per heavy atom. The summed E-state index contributed by atoms with van der Waals surface area (Å²) in [6.07, 6.45) is 0. The summed E-state index contributed by atoms with van der Waals surface area (Å²) in [6, 6.07) is 35.7. The molecule has 1 saturated heterocycles. The van der Waals surface area contributed by atoms with Crippen LogP contribution in [0.4, 0.5) is 0 Å². The Labute approximate surface area is 183 Å². The van der Waals surface area contributed by atoms with Crippen molar-refractivity contribution >= 4 is 16.7 Å². The monoisotopic (exact) mass is 406 g/mol. The highest BCUT2D eigenvalue weighted by Crippen LogP contribution is 2.29. The fraction of sp³-hybridized carbons (Fsp3) is 0.179. The van der Waals surface area contributed by atoms with Gasteiger partial charge in [-0.2, -0.15) is 0 Å². The number of hydrogen-bond acceptors (Lipinski definition) is 2. The maximum Gasteiger partial charge on any atom is 0.253 e. The molecule has 0 aliphatic carbocycles. The van der Waals surface area contributed by atoms with Crippen LogP contribution in [0.15, 0.2) is 103 Å². The van der Waals surface area contributed by atoms with Gasteiger partial charge >= 0.3 is 0 Å². The Morgan fingerprint density at radius 3 is 1.77 bits per heavy atom. The predicted molar refractivity (Wildman–Crippen MR) is 126 cm³/mol. The van der Waals surface area contributed by atoms with E-state index in [-0.39, 0.29) is 11.9 Å². The zero-order valence-electron chi connectivity index (χ0n) is 17.5. The minimum absolute atomic E-state index is 0.126. The molecular formula is C28H26N2O. The third kappa shape index (κ3) is 4.10. The minimum Gasteiger partial charge on any atom is -0.336 e. The molecule has 3 nitrogen and oxygen atoms in total. The molecular weight excluding hydrogens is 380 g/mol. The van der Waals surface area contributed by atoms with Gasteiger partial charge in [0.25, 0.3) is 5.91 Å². The standard InChI is InChI=1S/C28H26N2O/c31-28(26-16-15-22-9-7-8-14-25(22)21-26)30-19-17-29(18-20-30)27(23-10-3-1-4-11-23)24-12-5-2-6-13-24/h1-16,21,27H,17-20H2.